The summed E-state index contributed by atoms with van der Waals surface area (Å²) in [5, 5.41) is 0. The van der Waals surface area contributed by atoms with Gasteiger partial charge < -0.3 is 4.90 Å². The molecule has 0 radical (unpaired) electrons. The molecule has 5 nitrogen and oxygen atoms in total. The third-order valence-electron chi connectivity index (χ3n) is 4.57. The van der Waals surface area contributed by atoms with Crippen molar-refractivity contribution >= 4 is 21.6 Å². The SMILES string of the molecule is CCCN1C(=O)N(c2cc(C)ccc2C)[C@@H]2CS(=O)(=O)C[C@H]21. The number of aryl methyl sites for hydroxylation is 2. The second-order valence-electron chi connectivity index (χ2n) is 6.35. The first-order chi connectivity index (χ1) is 10.3. The Labute approximate surface area is 131 Å². The predicted molar refractivity (Wildman–Crippen MR) is 87.0 cm³/mol. The molecular weight excluding hydrogens is 300 g/mol. The standard InChI is InChI=1S/C16H22N2O3S/c1-4-7-17-14-9-22(20,21)10-15(14)18(16(17)19)13-8-11(2)5-6-12(13)3/h5-6,8,14-15H,4,7,9-10H2,1-3H3/t14-,15-/m1/s1. The zero-order valence-electron chi connectivity index (χ0n) is 13.2. The van der Waals surface area contributed by atoms with Crippen LogP contribution < -0.4 is 4.90 Å². The monoisotopic (exact) mass is 322 g/mol. The highest BCUT2D eigenvalue weighted by Gasteiger charge is 2.53. The number of nitrogens with zero attached hydrogens (tertiary/aromatic N) is 2. The molecule has 6 heteroatoms. The van der Waals surface area contributed by atoms with Crippen LogP contribution in [-0.4, -0.2) is 49.5 Å². The molecule has 1 aromatic rings. The summed E-state index contributed by atoms with van der Waals surface area (Å²) in [5.74, 6) is 0.155. The third kappa shape index (κ3) is 2.39. The van der Waals surface area contributed by atoms with Gasteiger partial charge in [-0.05, 0) is 37.5 Å². The molecule has 0 aliphatic carbocycles. The smallest absolute Gasteiger partial charge is 0.318 e. The molecule has 0 aromatic heterocycles. The van der Waals surface area contributed by atoms with E-state index in [0.29, 0.717) is 6.54 Å². The average molecular weight is 322 g/mol. The van der Waals surface area contributed by atoms with E-state index < -0.39 is 9.84 Å². The Morgan fingerprint density at radius 3 is 2.55 bits per heavy atom. The molecule has 2 atom stereocenters. The Balaban J connectivity index is 2.06. The van der Waals surface area contributed by atoms with Crippen LogP contribution in [-0.2, 0) is 9.84 Å². The maximum Gasteiger partial charge on any atom is 0.325 e. The van der Waals surface area contributed by atoms with Crippen LogP contribution in [0.2, 0.25) is 0 Å². The Hall–Kier alpha value is -1.56. The van der Waals surface area contributed by atoms with Crippen LogP contribution in [0.4, 0.5) is 10.5 Å². The molecule has 0 saturated carbocycles. The number of fused-ring (bicyclic) bond motifs is 1. The molecule has 2 saturated heterocycles. The minimum absolute atomic E-state index is 0.0551. The lowest BCUT2D eigenvalue weighted by Gasteiger charge is -2.24. The van der Waals surface area contributed by atoms with Gasteiger partial charge in [0.25, 0.3) is 0 Å². The number of urea groups is 1. The van der Waals surface area contributed by atoms with Crippen LogP contribution >= 0.6 is 0 Å². The van der Waals surface area contributed by atoms with Gasteiger partial charge >= 0.3 is 6.03 Å². The van der Waals surface area contributed by atoms with E-state index in [4.69, 9.17) is 0 Å². The molecule has 1 aromatic carbocycles. The van der Waals surface area contributed by atoms with Crippen LogP contribution in [0.1, 0.15) is 24.5 Å². The van der Waals surface area contributed by atoms with Crippen molar-refractivity contribution in [2.75, 3.05) is 23.0 Å². The normalized spacial score (nSPS) is 26.6. The van der Waals surface area contributed by atoms with E-state index in [1.165, 1.54) is 0 Å². The Morgan fingerprint density at radius 1 is 1.18 bits per heavy atom. The van der Waals surface area contributed by atoms with Gasteiger partial charge in [-0.15, -0.1) is 0 Å². The summed E-state index contributed by atoms with van der Waals surface area (Å²) >= 11 is 0. The molecule has 0 N–H and O–H groups in total. The molecule has 2 aliphatic rings. The highest BCUT2D eigenvalue weighted by Crippen LogP contribution is 2.36. The highest BCUT2D eigenvalue weighted by molar-refractivity contribution is 7.91. The number of sulfone groups is 1. The van der Waals surface area contributed by atoms with Gasteiger partial charge in [-0.2, -0.15) is 0 Å². The summed E-state index contributed by atoms with van der Waals surface area (Å²) in [5.41, 5.74) is 2.91. The van der Waals surface area contributed by atoms with E-state index in [-0.39, 0.29) is 29.6 Å². The van der Waals surface area contributed by atoms with E-state index in [1.807, 2.05) is 39.0 Å². The lowest BCUT2D eigenvalue weighted by Crippen LogP contribution is -2.38. The van der Waals surface area contributed by atoms with Gasteiger partial charge in [0, 0.05) is 12.2 Å². The Kier molecular flexibility index (Phi) is 3.67. The summed E-state index contributed by atoms with van der Waals surface area (Å²) < 4.78 is 24.1. The maximum absolute atomic E-state index is 12.8. The minimum Gasteiger partial charge on any atom is -0.318 e. The lowest BCUT2D eigenvalue weighted by atomic mass is 10.1. The van der Waals surface area contributed by atoms with Gasteiger partial charge in [0.1, 0.15) is 0 Å². The maximum atomic E-state index is 12.8. The number of benzene rings is 1. The Morgan fingerprint density at radius 2 is 1.86 bits per heavy atom. The zero-order valence-corrected chi connectivity index (χ0v) is 14.1. The zero-order chi connectivity index (χ0) is 16.1. The van der Waals surface area contributed by atoms with Gasteiger partial charge in [-0.1, -0.05) is 19.1 Å². The van der Waals surface area contributed by atoms with Gasteiger partial charge in [0.15, 0.2) is 9.84 Å². The molecule has 3 rings (SSSR count). The molecular formula is C16H22N2O3S. The van der Waals surface area contributed by atoms with Crippen molar-refractivity contribution in [2.45, 2.75) is 39.3 Å². The molecule has 120 valence electrons. The number of anilines is 1. The van der Waals surface area contributed by atoms with Crippen molar-refractivity contribution in [2.24, 2.45) is 0 Å². The van der Waals surface area contributed by atoms with Gasteiger partial charge in [-0.25, -0.2) is 13.2 Å². The fraction of sp³-hybridized carbons (Fsp3) is 0.562. The van der Waals surface area contributed by atoms with E-state index >= 15 is 0 Å². The summed E-state index contributed by atoms with van der Waals surface area (Å²) in [6.07, 6.45) is 0.829. The third-order valence-corrected chi connectivity index (χ3v) is 6.26. The lowest BCUT2D eigenvalue weighted by molar-refractivity contribution is 0.209. The van der Waals surface area contributed by atoms with Crippen LogP contribution in [0.3, 0.4) is 0 Å². The largest absolute Gasteiger partial charge is 0.325 e. The second-order valence-corrected chi connectivity index (χ2v) is 8.50. The minimum atomic E-state index is -3.08. The molecule has 0 spiro atoms. The number of hydrogen-bond donors (Lipinski definition) is 0. The number of rotatable bonds is 3. The summed E-state index contributed by atoms with van der Waals surface area (Å²) in [6, 6.07) is 5.44. The number of carbonyl (C=O) groups is 1. The van der Waals surface area contributed by atoms with Crippen LogP contribution in [0.15, 0.2) is 18.2 Å². The first-order valence-corrected chi connectivity index (χ1v) is 9.53. The van der Waals surface area contributed by atoms with Crippen molar-refractivity contribution < 1.29 is 13.2 Å². The average Bonchev–Trinajstić information content (AvgIpc) is 2.86. The van der Waals surface area contributed by atoms with Crippen molar-refractivity contribution in [3.05, 3.63) is 29.3 Å². The highest BCUT2D eigenvalue weighted by atomic mass is 32.2. The summed E-state index contributed by atoms with van der Waals surface area (Å²) in [7, 11) is -3.08. The Bertz CT molecular complexity index is 714. The van der Waals surface area contributed by atoms with Crippen molar-refractivity contribution in [3.63, 3.8) is 0 Å². The topological polar surface area (TPSA) is 57.7 Å². The molecule has 2 amide bonds. The second kappa shape index (κ2) is 5.26. The molecule has 22 heavy (non-hydrogen) atoms. The van der Waals surface area contributed by atoms with E-state index in [0.717, 1.165) is 23.2 Å². The summed E-state index contributed by atoms with van der Waals surface area (Å²) in [6.45, 7) is 6.56. The first-order valence-electron chi connectivity index (χ1n) is 7.71. The molecule has 0 bridgehead atoms. The first kappa shape index (κ1) is 15.3. The fourth-order valence-corrected chi connectivity index (χ4v) is 5.49. The van der Waals surface area contributed by atoms with Crippen LogP contribution in [0, 0.1) is 13.8 Å². The number of carbonyl (C=O) groups excluding carboxylic acids is 1. The molecule has 2 aliphatic heterocycles. The van der Waals surface area contributed by atoms with Crippen LogP contribution in [0.5, 0.6) is 0 Å². The quantitative estimate of drug-likeness (QED) is 0.801. The molecule has 0 unspecified atom stereocenters. The number of amides is 2. The number of hydrogen-bond acceptors (Lipinski definition) is 3. The molecule has 2 heterocycles. The van der Waals surface area contributed by atoms with Crippen molar-refractivity contribution in [1.82, 2.24) is 4.90 Å². The van der Waals surface area contributed by atoms with E-state index in [1.54, 1.807) is 9.80 Å². The van der Waals surface area contributed by atoms with Crippen molar-refractivity contribution in [3.8, 4) is 0 Å². The van der Waals surface area contributed by atoms with Gasteiger partial charge in [-0.3, -0.25) is 4.90 Å². The van der Waals surface area contributed by atoms with Crippen molar-refractivity contribution in [1.29, 1.82) is 0 Å². The molecule has 2 fully saturated rings. The van der Waals surface area contributed by atoms with E-state index in [2.05, 4.69) is 0 Å². The summed E-state index contributed by atoms with van der Waals surface area (Å²) in [4.78, 5) is 16.3. The fourth-order valence-electron chi connectivity index (χ4n) is 3.54. The van der Waals surface area contributed by atoms with Gasteiger partial charge in [0.2, 0.25) is 0 Å². The van der Waals surface area contributed by atoms with Crippen LogP contribution in [0.25, 0.3) is 0 Å². The predicted octanol–water partition coefficient (Wildman–Crippen LogP) is 2.12. The van der Waals surface area contributed by atoms with E-state index in [9.17, 15) is 13.2 Å². The van der Waals surface area contributed by atoms with Gasteiger partial charge in [0.05, 0.1) is 23.6 Å².